The molecule has 1 unspecified atom stereocenters. The smallest absolute Gasteiger partial charge is 0.0651 e. The van der Waals surface area contributed by atoms with Crippen LogP contribution >= 0.6 is 15.9 Å². The van der Waals surface area contributed by atoms with Crippen LogP contribution in [0.2, 0.25) is 0 Å². The Bertz CT molecular complexity index is 506. The summed E-state index contributed by atoms with van der Waals surface area (Å²) >= 11 is 3.60. The maximum atomic E-state index is 6.16. The zero-order valence-electron chi connectivity index (χ0n) is 12.4. The van der Waals surface area contributed by atoms with Gasteiger partial charge in [-0.3, -0.25) is 0 Å². The van der Waals surface area contributed by atoms with Crippen LogP contribution in [0.15, 0.2) is 22.7 Å². The predicted octanol–water partition coefficient (Wildman–Crippen LogP) is 4.01. The summed E-state index contributed by atoms with van der Waals surface area (Å²) in [7, 11) is 1.85. The summed E-state index contributed by atoms with van der Waals surface area (Å²) in [6, 6.07) is 6.72. The first-order valence-corrected chi connectivity index (χ1v) is 8.35. The summed E-state index contributed by atoms with van der Waals surface area (Å²) in [4.78, 5) is 0. The van der Waals surface area contributed by atoms with E-state index in [1.807, 2.05) is 7.11 Å². The van der Waals surface area contributed by atoms with E-state index in [2.05, 4.69) is 41.1 Å². The molecular weight excluding hydrogens is 314 g/mol. The van der Waals surface area contributed by atoms with Crippen molar-refractivity contribution in [2.75, 3.05) is 13.7 Å². The zero-order valence-corrected chi connectivity index (χ0v) is 14.0. The Morgan fingerprint density at radius 2 is 2.00 bits per heavy atom. The number of ether oxygens (including phenoxy) is 1. The molecule has 3 rings (SSSR count). The van der Waals surface area contributed by atoms with Gasteiger partial charge in [0.1, 0.15) is 0 Å². The minimum atomic E-state index is 0.0692. The van der Waals surface area contributed by atoms with E-state index in [0.717, 1.165) is 19.4 Å². The van der Waals surface area contributed by atoms with Crippen molar-refractivity contribution in [1.29, 1.82) is 0 Å². The lowest BCUT2D eigenvalue weighted by molar-refractivity contribution is -0.0564. The molecule has 1 fully saturated rings. The highest BCUT2D eigenvalue weighted by molar-refractivity contribution is 9.10. The fraction of sp³-hybridized carbons (Fsp3) is 0.647. The van der Waals surface area contributed by atoms with Crippen LogP contribution in [-0.4, -0.2) is 19.3 Å². The SMILES string of the molecule is COC1(C)CCC2(CC1)Cc1ccc(Br)cc1C2CN. The summed E-state index contributed by atoms with van der Waals surface area (Å²) in [5.74, 6) is 0.511. The molecule has 0 aliphatic heterocycles. The first-order chi connectivity index (χ1) is 9.52. The van der Waals surface area contributed by atoms with E-state index >= 15 is 0 Å². The van der Waals surface area contributed by atoms with Gasteiger partial charge in [0.15, 0.2) is 0 Å². The fourth-order valence-corrected chi connectivity index (χ4v) is 4.65. The molecule has 20 heavy (non-hydrogen) atoms. The minimum absolute atomic E-state index is 0.0692. The van der Waals surface area contributed by atoms with Gasteiger partial charge in [-0.1, -0.05) is 22.0 Å². The highest BCUT2D eigenvalue weighted by Gasteiger charge is 2.49. The van der Waals surface area contributed by atoms with Crippen LogP contribution < -0.4 is 5.73 Å². The van der Waals surface area contributed by atoms with E-state index in [1.165, 1.54) is 34.9 Å². The minimum Gasteiger partial charge on any atom is -0.379 e. The van der Waals surface area contributed by atoms with Crippen molar-refractivity contribution in [2.45, 2.75) is 50.5 Å². The number of benzene rings is 1. The first kappa shape index (κ1) is 14.6. The molecule has 0 heterocycles. The van der Waals surface area contributed by atoms with Gasteiger partial charge in [-0.25, -0.2) is 0 Å². The van der Waals surface area contributed by atoms with E-state index < -0.39 is 0 Å². The van der Waals surface area contributed by atoms with Crippen LogP contribution in [0.4, 0.5) is 0 Å². The average Bonchev–Trinajstić information content (AvgIpc) is 2.75. The quantitative estimate of drug-likeness (QED) is 0.884. The molecule has 0 amide bonds. The monoisotopic (exact) mass is 337 g/mol. The maximum absolute atomic E-state index is 6.16. The van der Waals surface area contributed by atoms with Gasteiger partial charge < -0.3 is 10.5 Å². The fourth-order valence-electron chi connectivity index (χ4n) is 4.27. The van der Waals surface area contributed by atoms with Gasteiger partial charge in [0.2, 0.25) is 0 Å². The summed E-state index contributed by atoms with van der Waals surface area (Å²) in [6.07, 6.45) is 5.94. The highest BCUT2D eigenvalue weighted by atomic mass is 79.9. The second-order valence-corrected chi connectivity index (χ2v) is 7.74. The molecule has 110 valence electrons. The lowest BCUT2D eigenvalue weighted by atomic mass is 9.63. The molecule has 2 N–H and O–H groups in total. The van der Waals surface area contributed by atoms with Crippen LogP contribution in [-0.2, 0) is 11.2 Å². The molecule has 0 bridgehead atoms. The Kier molecular flexibility index (Phi) is 3.72. The molecule has 1 spiro atoms. The third kappa shape index (κ3) is 2.24. The van der Waals surface area contributed by atoms with Crippen LogP contribution in [0.5, 0.6) is 0 Å². The Labute approximate surface area is 130 Å². The van der Waals surface area contributed by atoms with Gasteiger partial charge in [0.25, 0.3) is 0 Å². The molecule has 3 heteroatoms. The molecule has 0 aromatic heterocycles. The summed E-state index contributed by atoms with van der Waals surface area (Å²) in [5.41, 5.74) is 9.58. The molecule has 1 aromatic rings. The van der Waals surface area contributed by atoms with Gasteiger partial charge in [0.05, 0.1) is 5.60 Å². The van der Waals surface area contributed by atoms with Crippen LogP contribution in [0.3, 0.4) is 0 Å². The predicted molar refractivity (Wildman–Crippen MR) is 86.0 cm³/mol. The first-order valence-electron chi connectivity index (χ1n) is 7.55. The van der Waals surface area contributed by atoms with Gasteiger partial charge in [0, 0.05) is 17.5 Å². The molecule has 1 atom stereocenters. The van der Waals surface area contributed by atoms with E-state index in [4.69, 9.17) is 10.5 Å². The molecule has 2 aliphatic carbocycles. The maximum Gasteiger partial charge on any atom is 0.0651 e. The van der Waals surface area contributed by atoms with Gasteiger partial charge in [-0.15, -0.1) is 0 Å². The largest absolute Gasteiger partial charge is 0.379 e. The zero-order chi connectivity index (χ0) is 14.4. The molecule has 2 aliphatic rings. The number of hydrogen-bond donors (Lipinski definition) is 1. The van der Waals surface area contributed by atoms with Gasteiger partial charge in [-0.2, -0.15) is 0 Å². The topological polar surface area (TPSA) is 35.2 Å². The molecule has 0 saturated heterocycles. The van der Waals surface area contributed by atoms with Crippen molar-refractivity contribution in [2.24, 2.45) is 11.1 Å². The van der Waals surface area contributed by atoms with Gasteiger partial charge >= 0.3 is 0 Å². The molecule has 0 radical (unpaired) electrons. The summed E-state index contributed by atoms with van der Waals surface area (Å²) in [6.45, 7) is 3.00. The standard InChI is InChI=1S/C17H24BrNO/c1-16(20-2)5-7-17(8-6-16)10-12-3-4-13(18)9-14(12)15(17)11-19/h3-4,9,15H,5-8,10-11,19H2,1-2H3. The van der Waals surface area contributed by atoms with Crippen molar-refractivity contribution in [3.8, 4) is 0 Å². The van der Waals surface area contributed by atoms with Crippen molar-refractivity contribution >= 4 is 15.9 Å². The van der Waals surface area contributed by atoms with Crippen molar-refractivity contribution in [3.05, 3.63) is 33.8 Å². The van der Waals surface area contributed by atoms with Gasteiger partial charge in [-0.05, 0) is 74.2 Å². The number of nitrogens with two attached hydrogens (primary N) is 1. The van der Waals surface area contributed by atoms with Crippen molar-refractivity contribution in [1.82, 2.24) is 0 Å². The second-order valence-electron chi connectivity index (χ2n) is 6.82. The average molecular weight is 338 g/mol. The Morgan fingerprint density at radius 1 is 1.30 bits per heavy atom. The summed E-state index contributed by atoms with van der Waals surface area (Å²) in [5, 5.41) is 0. The number of hydrogen-bond acceptors (Lipinski definition) is 2. The molecule has 2 nitrogen and oxygen atoms in total. The van der Waals surface area contributed by atoms with E-state index in [9.17, 15) is 0 Å². The Balaban J connectivity index is 1.90. The molecule has 1 aromatic carbocycles. The van der Waals surface area contributed by atoms with E-state index in [1.54, 1.807) is 0 Å². The van der Waals surface area contributed by atoms with E-state index in [0.29, 0.717) is 11.3 Å². The van der Waals surface area contributed by atoms with E-state index in [-0.39, 0.29) is 5.60 Å². The Hall–Kier alpha value is -0.380. The second kappa shape index (κ2) is 5.11. The number of methoxy groups -OCH3 is 1. The number of rotatable bonds is 2. The highest BCUT2D eigenvalue weighted by Crippen LogP contribution is 2.57. The normalized spacial score (nSPS) is 36.3. The van der Waals surface area contributed by atoms with Crippen LogP contribution in [0, 0.1) is 5.41 Å². The lowest BCUT2D eigenvalue weighted by Crippen LogP contribution is -2.41. The van der Waals surface area contributed by atoms with Crippen LogP contribution in [0.1, 0.15) is 49.7 Å². The number of fused-ring (bicyclic) bond motifs is 1. The lowest BCUT2D eigenvalue weighted by Gasteiger charge is -2.45. The Morgan fingerprint density at radius 3 is 2.60 bits per heavy atom. The van der Waals surface area contributed by atoms with Crippen molar-refractivity contribution < 1.29 is 4.74 Å². The van der Waals surface area contributed by atoms with Crippen LogP contribution in [0.25, 0.3) is 0 Å². The number of halogens is 1. The third-order valence-corrected chi connectivity index (χ3v) is 6.29. The third-order valence-electron chi connectivity index (χ3n) is 5.80. The summed E-state index contributed by atoms with van der Waals surface area (Å²) < 4.78 is 6.88. The van der Waals surface area contributed by atoms with Crippen molar-refractivity contribution in [3.63, 3.8) is 0 Å². The molecular formula is C17H24BrNO. The molecule has 1 saturated carbocycles.